The highest BCUT2D eigenvalue weighted by atomic mass is 16.1. The highest BCUT2D eigenvalue weighted by Crippen LogP contribution is 2.21. The first-order chi connectivity index (χ1) is 9.61. The van der Waals surface area contributed by atoms with Gasteiger partial charge >= 0.3 is 0 Å². The SMILES string of the molecule is CCNC(=O)c1ccc(NCC2CCCN2C)c(N)c1. The largest absolute Gasteiger partial charge is 0.397 e. The molecule has 0 aliphatic carbocycles. The predicted molar refractivity (Wildman–Crippen MR) is 83.0 cm³/mol. The van der Waals surface area contributed by atoms with Crippen molar-refractivity contribution in [3.8, 4) is 0 Å². The Kier molecular flexibility index (Phi) is 4.84. The van der Waals surface area contributed by atoms with Crippen molar-refractivity contribution in [1.82, 2.24) is 10.2 Å². The van der Waals surface area contributed by atoms with E-state index in [1.807, 2.05) is 19.1 Å². The van der Waals surface area contributed by atoms with Crippen molar-refractivity contribution in [1.29, 1.82) is 0 Å². The topological polar surface area (TPSA) is 70.4 Å². The van der Waals surface area contributed by atoms with Crippen LogP contribution in [0.5, 0.6) is 0 Å². The lowest BCUT2D eigenvalue weighted by Crippen LogP contribution is -2.31. The van der Waals surface area contributed by atoms with E-state index in [2.05, 4.69) is 22.6 Å². The maximum absolute atomic E-state index is 11.7. The van der Waals surface area contributed by atoms with Gasteiger partial charge in [-0.25, -0.2) is 0 Å². The molecule has 1 heterocycles. The number of anilines is 2. The Morgan fingerprint density at radius 1 is 1.50 bits per heavy atom. The summed E-state index contributed by atoms with van der Waals surface area (Å²) < 4.78 is 0. The van der Waals surface area contributed by atoms with E-state index in [1.165, 1.54) is 12.8 Å². The first-order valence-electron chi connectivity index (χ1n) is 7.23. The van der Waals surface area contributed by atoms with Crippen LogP contribution in [0.15, 0.2) is 18.2 Å². The average Bonchev–Trinajstić information content (AvgIpc) is 2.83. The van der Waals surface area contributed by atoms with Crippen LogP contribution in [0, 0.1) is 0 Å². The summed E-state index contributed by atoms with van der Waals surface area (Å²) in [6, 6.07) is 5.99. The fourth-order valence-corrected chi connectivity index (χ4v) is 2.59. The number of carbonyl (C=O) groups is 1. The number of likely N-dealkylation sites (N-methyl/N-ethyl adjacent to an activating group) is 1. The van der Waals surface area contributed by atoms with Crippen molar-refractivity contribution < 1.29 is 4.79 Å². The molecule has 0 bridgehead atoms. The highest BCUT2D eigenvalue weighted by Gasteiger charge is 2.20. The van der Waals surface area contributed by atoms with Crippen LogP contribution in [-0.2, 0) is 0 Å². The van der Waals surface area contributed by atoms with E-state index in [1.54, 1.807) is 6.07 Å². The number of nitrogen functional groups attached to an aromatic ring is 1. The first kappa shape index (κ1) is 14.7. The van der Waals surface area contributed by atoms with Crippen LogP contribution in [0.4, 0.5) is 11.4 Å². The maximum Gasteiger partial charge on any atom is 0.251 e. The minimum Gasteiger partial charge on any atom is -0.397 e. The second kappa shape index (κ2) is 6.61. The molecule has 2 rings (SSSR count). The molecule has 1 atom stereocenters. The fraction of sp³-hybridized carbons (Fsp3) is 0.533. The van der Waals surface area contributed by atoms with Gasteiger partial charge in [-0.3, -0.25) is 4.79 Å². The lowest BCUT2D eigenvalue weighted by Gasteiger charge is -2.21. The molecule has 20 heavy (non-hydrogen) atoms. The van der Waals surface area contributed by atoms with E-state index in [9.17, 15) is 4.79 Å². The number of likely N-dealkylation sites (tertiary alicyclic amines) is 1. The number of benzene rings is 1. The van der Waals surface area contributed by atoms with E-state index in [-0.39, 0.29) is 5.91 Å². The number of amides is 1. The average molecular weight is 276 g/mol. The summed E-state index contributed by atoms with van der Waals surface area (Å²) in [6.45, 7) is 4.57. The van der Waals surface area contributed by atoms with Crippen LogP contribution < -0.4 is 16.4 Å². The van der Waals surface area contributed by atoms with Crippen LogP contribution in [-0.4, -0.2) is 43.5 Å². The predicted octanol–water partition coefficient (Wildman–Crippen LogP) is 1.52. The van der Waals surface area contributed by atoms with Gasteiger partial charge in [0, 0.05) is 24.7 Å². The fourth-order valence-electron chi connectivity index (χ4n) is 2.59. The van der Waals surface area contributed by atoms with Crippen molar-refractivity contribution in [2.24, 2.45) is 0 Å². The quantitative estimate of drug-likeness (QED) is 0.713. The molecule has 0 aromatic heterocycles. The summed E-state index contributed by atoms with van der Waals surface area (Å²) in [7, 11) is 2.15. The molecule has 0 radical (unpaired) electrons. The number of hydrogen-bond donors (Lipinski definition) is 3. The van der Waals surface area contributed by atoms with Gasteiger partial charge in [0.05, 0.1) is 11.4 Å². The zero-order valence-electron chi connectivity index (χ0n) is 12.3. The number of nitrogens with one attached hydrogen (secondary N) is 2. The van der Waals surface area contributed by atoms with Crippen molar-refractivity contribution in [2.75, 3.05) is 37.7 Å². The van der Waals surface area contributed by atoms with Crippen molar-refractivity contribution in [3.63, 3.8) is 0 Å². The third-order valence-electron chi connectivity index (χ3n) is 3.85. The third-order valence-corrected chi connectivity index (χ3v) is 3.85. The van der Waals surface area contributed by atoms with Gasteiger partial charge in [0.1, 0.15) is 0 Å². The number of carbonyl (C=O) groups excluding carboxylic acids is 1. The molecule has 5 nitrogen and oxygen atoms in total. The summed E-state index contributed by atoms with van der Waals surface area (Å²) in [6.07, 6.45) is 2.48. The van der Waals surface area contributed by atoms with Gasteiger partial charge in [-0.1, -0.05) is 0 Å². The van der Waals surface area contributed by atoms with E-state index < -0.39 is 0 Å². The Labute approximate surface area is 120 Å². The number of nitrogens with two attached hydrogens (primary N) is 1. The lowest BCUT2D eigenvalue weighted by atomic mass is 10.1. The van der Waals surface area contributed by atoms with E-state index >= 15 is 0 Å². The molecule has 1 unspecified atom stereocenters. The number of rotatable bonds is 5. The standard InChI is InChI=1S/C15H24N4O/c1-3-17-15(20)11-6-7-14(13(16)9-11)18-10-12-5-4-8-19(12)2/h6-7,9,12,18H,3-5,8,10,16H2,1-2H3,(H,17,20). The normalized spacial score (nSPS) is 19.0. The lowest BCUT2D eigenvalue weighted by molar-refractivity contribution is 0.0956. The Balaban J connectivity index is 1.97. The second-order valence-electron chi connectivity index (χ2n) is 5.32. The van der Waals surface area contributed by atoms with Crippen molar-refractivity contribution >= 4 is 17.3 Å². The van der Waals surface area contributed by atoms with Gasteiger partial charge in [-0.05, 0) is 51.6 Å². The molecule has 0 spiro atoms. The molecule has 0 saturated carbocycles. The Morgan fingerprint density at radius 2 is 2.30 bits per heavy atom. The molecule has 1 aromatic carbocycles. The van der Waals surface area contributed by atoms with Crippen molar-refractivity contribution in [2.45, 2.75) is 25.8 Å². The molecule has 5 heteroatoms. The maximum atomic E-state index is 11.7. The van der Waals surface area contributed by atoms with Gasteiger partial charge in [0.25, 0.3) is 5.91 Å². The molecular weight excluding hydrogens is 252 g/mol. The Bertz CT molecular complexity index is 475. The first-order valence-corrected chi connectivity index (χ1v) is 7.23. The van der Waals surface area contributed by atoms with Crippen LogP contribution in [0.1, 0.15) is 30.1 Å². The second-order valence-corrected chi connectivity index (χ2v) is 5.32. The molecule has 1 aliphatic heterocycles. The van der Waals surface area contributed by atoms with E-state index in [0.29, 0.717) is 23.8 Å². The van der Waals surface area contributed by atoms with Crippen molar-refractivity contribution in [3.05, 3.63) is 23.8 Å². The summed E-state index contributed by atoms with van der Waals surface area (Å²) in [4.78, 5) is 14.1. The molecule has 1 aromatic rings. The molecule has 1 aliphatic rings. The summed E-state index contributed by atoms with van der Waals surface area (Å²) in [5, 5.41) is 6.15. The Morgan fingerprint density at radius 3 is 2.90 bits per heavy atom. The van der Waals surface area contributed by atoms with Crippen LogP contribution in [0.25, 0.3) is 0 Å². The van der Waals surface area contributed by atoms with Gasteiger partial charge in [-0.2, -0.15) is 0 Å². The molecular formula is C15H24N4O. The molecule has 110 valence electrons. The van der Waals surface area contributed by atoms with Crippen LogP contribution in [0.2, 0.25) is 0 Å². The third kappa shape index (κ3) is 3.42. The number of nitrogens with zero attached hydrogens (tertiary/aromatic N) is 1. The Hall–Kier alpha value is -1.75. The van der Waals surface area contributed by atoms with Crippen LogP contribution >= 0.6 is 0 Å². The zero-order valence-corrected chi connectivity index (χ0v) is 12.3. The van der Waals surface area contributed by atoms with E-state index in [0.717, 1.165) is 18.8 Å². The molecule has 4 N–H and O–H groups in total. The van der Waals surface area contributed by atoms with Gasteiger partial charge in [0.2, 0.25) is 0 Å². The summed E-state index contributed by atoms with van der Waals surface area (Å²) >= 11 is 0. The zero-order chi connectivity index (χ0) is 14.5. The van der Waals surface area contributed by atoms with Gasteiger partial charge in [-0.15, -0.1) is 0 Å². The number of hydrogen-bond acceptors (Lipinski definition) is 4. The summed E-state index contributed by atoms with van der Waals surface area (Å²) in [5.41, 5.74) is 8.14. The monoisotopic (exact) mass is 276 g/mol. The highest BCUT2D eigenvalue weighted by molar-refractivity contribution is 5.96. The summed E-state index contributed by atoms with van der Waals surface area (Å²) in [5.74, 6) is -0.0822. The molecule has 1 fully saturated rings. The minimum absolute atomic E-state index is 0.0822. The smallest absolute Gasteiger partial charge is 0.251 e. The van der Waals surface area contributed by atoms with Gasteiger partial charge in [0.15, 0.2) is 0 Å². The van der Waals surface area contributed by atoms with E-state index in [4.69, 9.17) is 5.73 Å². The molecule has 1 saturated heterocycles. The molecule has 1 amide bonds. The van der Waals surface area contributed by atoms with Gasteiger partial charge < -0.3 is 21.3 Å². The minimum atomic E-state index is -0.0822. The van der Waals surface area contributed by atoms with Crippen LogP contribution in [0.3, 0.4) is 0 Å².